The number of aromatic nitrogens is 4. The Bertz CT molecular complexity index is 529. The lowest BCUT2D eigenvalue weighted by atomic mass is 10.5. The van der Waals surface area contributed by atoms with Gasteiger partial charge in [-0.2, -0.15) is 5.10 Å². The van der Waals surface area contributed by atoms with Crippen molar-refractivity contribution in [3.05, 3.63) is 24.8 Å². The van der Waals surface area contributed by atoms with Crippen molar-refractivity contribution in [2.45, 2.75) is 19.9 Å². The molecule has 20 heavy (non-hydrogen) atoms. The van der Waals surface area contributed by atoms with Crippen LogP contribution in [0.5, 0.6) is 5.88 Å². The highest BCUT2D eigenvalue weighted by molar-refractivity contribution is 5.54. The summed E-state index contributed by atoms with van der Waals surface area (Å²) in [6.45, 7) is 4.04. The van der Waals surface area contributed by atoms with Crippen molar-refractivity contribution >= 4 is 11.5 Å². The molecular formula is C13H19N5O2. The van der Waals surface area contributed by atoms with E-state index < -0.39 is 0 Å². The van der Waals surface area contributed by atoms with Crippen LogP contribution in [0.3, 0.4) is 0 Å². The SMILES string of the molecule is CCCOc1cc(Nc2cnn(CCOC)c2)ncn1. The maximum Gasteiger partial charge on any atom is 0.218 e. The second-order valence-corrected chi connectivity index (χ2v) is 4.20. The maximum atomic E-state index is 5.46. The average molecular weight is 277 g/mol. The van der Waals surface area contributed by atoms with Gasteiger partial charge in [0.15, 0.2) is 0 Å². The molecule has 0 radical (unpaired) electrons. The minimum absolute atomic E-state index is 0.566. The Morgan fingerprint density at radius 3 is 3.00 bits per heavy atom. The van der Waals surface area contributed by atoms with Gasteiger partial charge in [0.05, 0.1) is 31.6 Å². The van der Waals surface area contributed by atoms with Gasteiger partial charge in [-0.25, -0.2) is 9.97 Å². The fourth-order valence-corrected chi connectivity index (χ4v) is 1.58. The molecule has 0 aromatic carbocycles. The molecule has 7 heteroatoms. The molecule has 2 heterocycles. The standard InChI is InChI=1S/C13H19N5O2/c1-3-5-20-13-7-12(14-10-15-13)17-11-8-16-18(9-11)4-6-19-2/h7-10H,3-6H2,1-2H3,(H,14,15,17). The Morgan fingerprint density at radius 1 is 1.30 bits per heavy atom. The molecule has 0 atom stereocenters. The topological polar surface area (TPSA) is 74.1 Å². The van der Waals surface area contributed by atoms with Gasteiger partial charge in [0.25, 0.3) is 0 Å². The van der Waals surface area contributed by atoms with Gasteiger partial charge in [0.2, 0.25) is 5.88 Å². The van der Waals surface area contributed by atoms with E-state index in [0.717, 1.165) is 12.1 Å². The normalized spacial score (nSPS) is 10.5. The largest absolute Gasteiger partial charge is 0.478 e. The summed E-state index contributed by atoms with van der Waals surface area (Å²) in [4.78, 5) is 8.20. The number of rotatable bonds is 8. The van der Waals surface area contributed by atoms with Crippen LogP contribution < -0.4 is 10.1 Å². The van der Waals surface area contributed by atoms with Gasteiger partial charge in [-0.1, -0.05) is 6.92 Å². The van der Waals surface area contributed by atoms with Gasteiger partial charge in [-0.15, -0.1) is 0 Å². The smallest absolute Gasteiger partial charge is 0.218 e. The minimum Gasteiger partial charge on any atom is -0.478 e. The highest BCUT2D eigenvalue weighted by atomic mass is 16.5. The van der Waals surface area contributed by atoms with E-state index in [0.29, 0.717) is 31.5 Å². The summed E-state index contributed by atoms with van der Waals surface area (Å²) in [5.74, 6) is 1.24. The predicted octanol–water partition coefficient (Wildman–Crippen LogP) is 1.85. The predicted molar refractivity (Wildman–Crippen MR) is 75.2 cm³/mol. The Labute approximate surface area is 118 Å². The molecule has 2 aromatic heterocycles. The van der Waals surface area contributed by atoms with Crippen molar-refractivity contribution in [2.24, 2.45) is 0 Å². The van der Waals surface area contributed by atoms with Gasteiger partial charge in [-0.05, 0) is 6.42 Å². The Hall–Kier alpha value is -2.15. The molecule has 0 bridgehead atoms. The van der Waals surface area contributed by atoms with Crippen LogP contribution in [-0.4, -0.2) is 40.1 Å². The molecule has 0 fully saturated rings. The van der Waals surface area contributed by atoms with Gasteiger partial charge in [0, 0.05) is 19.4 Å². The summed E-state index contributed by atoms with van der Waals surface area (Å²) < 4.78 is 12.3. The summed E-state index contributed by atoms with van der Waals surface area (Å²) in [5.41, 5.74) is 0.862. The fourth-order valence-electron chi connectivity index (χ4n) is 1.58. The van der Waals surface area contributed by atoms with E-state index in [1.165, 1.54) is 6.33 Å². The number of nitrogens with zero attached hydrogens (tertiary/aromatic N) is 4. The van der Waals surface area contributed by atoms with Gasteiger partial charge in [0.1, 0.15) is 12.1 Å². The second-order valence-electron chi connectivity index (χ2n) is 4.20. The van der Waals surface area contributed by atoms with Crippen molar-refractivity contribution < 1.29 is 9.47 Å². The van der Waals surface area contributed by atoms with Crippen molar-refractivity contribution in [1.29, 1.82) is 0 Å². The lowest BCUT2D eigenvalue weighted by Crippen LogP contribution is -2.04. The fraction of sp³-hybridized carbons (Fsp3) is 0.462. The number of methoxy groups -OCH3 is 1. The quantitative estimate of drug-likeness (QED) is 0.793. The molecule has 0 aliphatic heterocycles. The van der Waals surface area contributed by atoms with Crippen LogP contribution in [0.25, 0.3) is 0 Å². The molecule has 7 nitrogen and oxygen atoms in total. The Kier molecular flexibility index (Phi) is 5.31. The van der Waals surface area contributed by atoms with Crippen LogP contribution in [0.1, 0.15) is 13.3 Å². The number of nitrogens with one attached hydrogen (secondary N) is 1. The van der Waals surface area contributed by atoms with Crippen molar-refractivity contribution in [1.82, 2.24) is 19.7 Å². The van der Waals surface area contributed by atoms with Crippen LogP contribution in [0.4, 0.5) is 11.5 Å². The molecule has 108 valence electrons. The minimum atomic E-state index is 0.566. The molecule has 2 aromatic rings. The highest BCUT2D eigenvalue weighted by Gasteiger charge is 2.02. The van der Waals surface area contributed by atoms with Gasteiger partial charge in [-0.3, -0.25) is 4.68 Å². The molecule has 1 N–H and O–H groups in total. The number of anilines is 2. The molecule has 0 amide bonds. The van der Waals surface area contributed by atoms with E-state index in [9.17, 15) is 0 Å². The van der Waals surface area contributed by atoms with Crippen LogP contribution >= 0.6 is 0 Å². The van der Waals surface area contributed by atoms with E-state index in [1.807, 2.05) is 10.9 Å². The van der Waals surface area contributed by atoms with E-state index >= 15 is 0 Å². The van der Waals surface area contributed by atoms with Crippen LogP contribution in [0, 0.1) is 0 Å². The molecule has 0 aliphatic rings. The molecule has 0 unspecified atom stereocenters. The van der Waals surface area contributed by atoms with E-state index in [4.69, 9.17) is 9.47 Å². The zero-order chi connectivity index (χ0) is 14.2. The van der Waals surface area contributed by atoms with Crippen molar-refractivity contribution in [3.8, 4) is 5.88 Å². The first kappa shape index (κ1) is 14.3. The lowest BCUT2D eigenvalue weighted by molar-refractivity contribution is 0.183. The molecular weight excluding hydrogens is 258 g/mol. The third kappa shape index (κ3) is 4.20. The average Bonchev–Trinajstić information content (AvgIpc) is 2.91. The van der Waals surface area contributed by atoms with E-state index in [-0.39, 0.29) is 0 Å². The third-order valence-corrected chi connectivity index (χ3v) is 2.53. The maximum absolute atomic E-state index is 5.46. The zero-order valence-corrected chi connectivity index (χ0v) is 11.7. The molecule has 0 saturated heterocycles. The Balaban J connectivity index is 1.96. The monoisotopic (exact) mass is 277 g/mol. The Morgan fingerprint density at radius 2 is 2.20 bits per heavy atom. The van der Waals surface area contributed by atoms with Gasteiger partial charge < -0.3 is 14.8 Å². The summed E-state index contributed by atoms with van der Waals surface area (Å²) in [7, 11) is 1.67. The van der Waals surface area contributed by atoms with Crippen LogP contribution in [0.15, 0.2) is 24.8 Å². The summed E-state index contributed by atoms with van der Waals surface area (Å²) in [6.07, 6.45) is 6.06. The third-order valence-electron chi connectivity index (χ3n) is 2.53. The van der Waals surface area contributed by atoms with E-state index in [1.54, 1.807) is 19.4 Å². The van der Waals surface area contributed by atoms with Crippen molar-refractivity contribution in [2.75, 3.05) is 25.6 Å². The number of hydrogen-bond acceptors (Lipinski definition) is 6. The first-order chi connectivity index (χ1) is 9.81. The van der Waals surface area contributed by atoms with Crippen LogP contribution in [0.2, 0.25) is 0 Å². The number of ether oxygens (including phenoxy) is 2. The lowest BCUT2D eigenvalue weighted by Gasteiger charge is -2.05. The molecule has 0 aliphatic carbocycles. The van der Waals surface area contributed by atoms with Gasteiger partial charge >= 0.3 is 0 Å². The molecule has 0 spiro atoms. The molecule has 0 saturated carbocycles. The zero-order valence-electron chi connectivity index (χ0n) is 11.7. The van der Waals surface area contributed by atoms with Crippen molar-refractivity contribution in [3.63, 3.8) is 0 Å². The summed E-state index contributed by atoms with van der Waals surface area (Å²) in [6, 6.07) is 1.77. The highest BCUT2D eigenvalue weighted by Crippen LogP contribution is 2.16. The first-order valence-corrected chi connectivity index (χ1v) is 6.55. The van der Waals surface area contributed by atoms with E-state index in [2.05, 4.69) is 27.3 Å². The first-order valence-electron chi connectivity index (χ1n) is 6.55. The second kappa shape index (κ2) is 7.44. The summed E-state index contributed by atoms with van der Waals surface area (Å²) in [5, 5.41) is 7.38. The van der Waals surface area contributed by atoms with Crippen LogP contribution in [-0.2, 0) is 11.3 Å². The summed E-state index contributed by atoms with van der Waals surface area (Å²) >= 11 is 0. The number of hydrogen-bond donors (Lipinski definition) is 1. The molecule has 2 rings (SSSR count).